The molecule has 3 nitrogen and oxygen atoms in total. The maximum atomic E-state index is 9.39. The molecule has 0 radical (unpaired) electrons. The van der Waals surface area contributed by atoms with Gasteiger partial charge < -0.3 is 10.1 Å². The summed E-state index contributed by atoms with van der Waals surface area (Å²) in [5, 5.41) is 10.2. The van der Waals surface area contributed by atoms with Crippen molar-refractivity contribution in [3.05, 3.63) is 48.5 Å². The van der Waals surface area contributed by atoms with Crippen molar-refractivity contribution in [1.82, 2.24) is 9.97 Å². The molecular formula is C13H10N2OS. The number of hydrogen-bond acceptors (Lipinski definition) is 3. The Morgan fingerprint density at radius 3 is 2.76 bits per heavy atom. The molecule has 0 fully saturated rings. The highest BCUT2D eigenvalue weighted by Gasteiger charge is 2.04. The Morgan fingerprint density at radius 1 is 1.06 bits per heavy atom. The molecule has 0 spiro atoms. The number of hydrogen-bond donors (Lipinski definition) is 2. The van der Waals surface area contributed by atoms with E-state index in [2.05, 4.69) is 9.97 Å². The fraction of sp³-hybridized carbons (Fsp3) is 0. The number of aromatic nitrogens is 2. The number of nitrogens with one attached hydrogen (secondary N) is 1. The Hall–Kier alpha value is -1.94. The monoisotopic (exact) mass is 242 g/mol. The maximum Gasteiger partial charge on any atom is 0.171 e. The lowest BCUT2D eigenvalue weighted by Gasteiger charge is -1.97. The average Bonchev–Trinajstić information content (AvgIpc) is 2.71. The average molecular weight is 242 g/mol. The second-order valence-electron chi connectivity index (χ2n) is 3.66. The van der Waals surface area contributed by atoms with Crippen molar-refractivity contribution < 1.29 is 5.11 Å². The number of phenols is 1. The van der Waals surface area contributed by atoms with Gasteiger partial charge in [-0.3, -0.25) is 0 Å². The SMILES string of the molecule is Oc1cccc(Sc2nc3ccccc3[nH]2)c1. The first-order valence-corrected chi connectivity index (χ1v) is 6.04. The Balaban J connectivity index is 1.94. The van der Waals surface area contributed by atoms with Crippen LogP contribution in [0.4, 0.5) is 0 Å². The number of para-hydroxylation sites is 2. The van der Waals surface area contributed by atoms with Gasteiger partial charge in [-0.25, -0.2) is 4.98 Å². The summed E-state index contributed by atoms with van der Waals surface area (Å²) in [7, 11) is 0. The lowest BCUT2D eigenvalue weighted by atomic mass is 10.3. The van der Waals surface area contributed by atoms with Gasteiger partial charge in [-0.05, 0) is 30.3 Å². The predicted octanol–water partition coefficient (Wildman–Crippen LogP) is 3.42. The number of imidazole rings is 1. The summed E-state index contributed by atoms with van der Waals surface area (Å²) in [5.41, 5.74) is 1.98. The van der Waals surface area contributed by atoms with Gasteiger partial charge in [0.15, 0.2) is 5.16 Å². The Morgan fingerprint density at radius 2 is 1.94 bits per heavy atom. The number of H-pyrrole nitrogens is 1. The molecule has 17 heavy (non-hydrogen) atoms. The normalized spacial score (nSPS) is 10.8. The molecule has 0 aliphatic heterocycles. The molecule has 0 saturated heterocycles. The van der Waals surface area contributed by atoms with Crippen LogP contribution in [-0.4, -0.2) is 15.1 Å². The van der Waals surface area contributed by atoms with Gasteiger partial charge in [-0.1, -0.05) is 30.0 Å². The minimum atomic E-state index is 0.270. The van der Waals surface area contributed by atoms with Crippen LogP contribution in [0.15, 0.2) is 58.6 Å². The summed E-state index contributed by atoms with van der Waals surface area (Å²) in [5.74, 6) is 0.270. The maximum absolute atomic E-state index is 9.39. The molecule has 84 valence electrons. The first-order valence-electron chi connectivity index (χ1n) is 5.23. The van der Waals surface area contributed by atoms with E-state index in [1.165, 1.54) is 11.8 Å². The second-order valence-corrected chi connectivity index (χ2v) is 4.72. The third kappa shape index (κ3) is 2.12. The van der Waals surface area contributed by atoms with Gasteiger partial charge in [-0.2, -0.15) is 0 Å². The molecule has 3 aromatic rings. The van der Waals surface area contributed by atoms with Crippen LogP contribution in [-0.2, 0) is 0 Å². The zero-order valence-corrected chi connectivity index (χ0v) is 9.74. The van der Waals surface area contributed by atoms with Crippen LogP contribution in [0, 0.1) is 0 Å². The van der Waals surface area contributed by atoms with Gasteiger partial charge >= 0.3 is 0 Å². The van der Waals surface area contributed by atoms with E-state index >= 15 is 0 Å². The third-order valence-corrected chi connectivity index (χ3v) is 3.28. The summed E-state index contributed by atoms with van der Waals surface area (Å²) >= 11 is 1.50. The van der Waals surface area contributed by atoms with Crippen LogP contribution in [0.2, 0.25) is 0 Å². The van der Waals surface area contributed by atoms with Gasteiger partial charge in [0.2, 0.25) is 0 Å². The second kappa shape index (κ2) is 4.14. The van der Waals surface area contributed by atoms with Gasteiger partial charge in [0.25, 0.3) is 0 Å². The molecule has 0 aliphatic carbocycles. The fourth-order valence-electron chi connectivity index (χ4n) is 1.64. The predicted molar refractivity (Wildman–Crippen MR) is 68.3 cm³/mol. The fourth-order valence-corrected chi connectivity index (χ4v) is 2.49. The molecule has 0 saturated carbocycles. The zero-order chi connectivity index (χ0) is 11.7. The Kier molecular flexibility index (Phi) is 2.49. The van der Waals surface area contributed by atoms with E-state index in [4.69, 9.17) is 0 Å². The smallest absolute Gasteiger partial charge is 0.171 e. The van der Waals surface area contributed by atoms with Crippen molar-refractivity contribution in [2.45, 2.75) is 10.1 Å². The molecule has 0 aliphatic rings. The van der Waals surface area contributed by atoms with Crippen molar-refractivity contribution in [3.63, 3.8) is 0 Å². The molecule has 0 amide bonds. The molecule has 2 N–H and O–H groups in total. The van der Waals surface area contributed by atoms with Crippen molar-refractivity contribution in [2.75, 3.05) is 0 Å². The molecule has 4 heteroatoms. The summed E-state index contributed by atoms with van der Waals surface area (Å²) < 4.78 is 0. The molecule has 2 aromatic carbocycles. The van der Waals surface area contributed by atoms with Crippen LogP contribution >= 0.6 is 11.8 Å². The highest BCUT2D eigenvalue weighted by Crippen LogP contribution is 2.28. The van der Waals surface area contributed by atoms with E-state index in [1.807, 2.05) is 36.4 Å². The van der Waals surface area contributed by atoms with Gasteiger partial charge in [0.1, 0.15) is 5.75 Å². The van der Waals surface area contributed by atoms with E-state index in [0.717, 1.165) is 21.1 Å². The Labute approximate surface area is 103 Å². The number of nitrogens with zero attached hydrogens (tertiary/aromatic N) is 1. The van der Waals surface area contributed by atoms with Crippen molar-refractivity contribution in [3.8, 4) is 5.75 Å². The summed E-state index contributed by atoms with van der Waals surface area (Å²) in [6, 6.07) is 15.0. The Bertz CT molecular complexity index is 630. The van der Waals surface area contributed by atoms with Crippen molar-refractivity contribution in [2.24, 2.45) is 0 Å². The number of fused-ring (bicyclic) bond motifs is 1. The number of phenolic OH excluding ortho intramolecular Hbond substituents is 1. The van der Waals surface area contributed by atoms with Crippen molar-refractivity contribution in [1.29, 1.82) is 0 Å². The standard InChI is InChI=1S/C13H10N2OS/c16-9-4-3-5-10(8-9)17-13-14-11-6-1-2-7-12(11)15-13/h1-8,16H,(H,14,15). The molecular weight excluding hydrogens is 232 g/mol. The van der Waals surface area contributed by atoms with Crippen LogP contribution in [0.3, 0.4) is 0 Å². The van der Waals surface area contributed by atoms with Crippen molar-refractivity contribution >= 4 is 22.8 Å². The lowest BCUT2D eigenvalue weighted by molar-refractivity contribution is 0.474. The van der Waals surface area contributed by atoms with Crippen LogP contribution in [0.5, 0.6) is 5.75 Å². The summed E-state index contributed by atoms with van der Waals surface area (Å²) in [6.45, 7) is 0. The molecule has 0 atom stereocenters. The third-order valence-electron chi connectivity index (χ3n) is 2.40. The van der Waals surface area contributed by atoms with Crippen LogP contribution in [0.25, 0.3) is 11.0 Å². The van der Waals surface area contributed by atoms with E-state index in [1.54, 1.807) is 12.1 Å². The number of aromatic hydroxyl groups is 1. The van der Waals surface area contributed by atoms with Crippen LogP contribution in [0.1, 0.15) is 0 Å². The number of benzene rings is 2. The number of aromatic amines is 1. The highest BCUT2D eigenvalue weighted by molar-refractivity contribution is 7.99. The first kappa shape index (κ1) is 10.2. The molecule has 1 aromatic heterocycles. The van der Waals surface area contributed by atoms with Gasteiger partial charge in [-0.15, -0.1) is 0 Å². The van der Waals surface area contributed by atoms with Crippen LogP contribution < -0.4 is 0 Å². The summed E-state index contributed by atoms with van der Waals surface area (Å²) in [6.07, 6.45) is 0. The summed E-state index contributed by atoms with van der Waals surface area (Å²) in [4.78, 5) is 8.66. The molecule has 3 rings (SSSR count). The lowest BCUT2D eigenvalue weighted by Crippen LogP contribution is -1.75. The zero-order valence-electron chi connectivity index (χ0n) is 8.92. The largest absolute Gasteiger partial charge is 0.508 e. The van der Waals surface area contributed by atoms with Gasteiger partial charge in [0.05, 0.1) is 11.0 Å². The minimum absolute atomic E-state index is 0.270. The van der Waals surface area contributed by atoms with E-state index < -0.39 is 0 Å². The van der Waals surface area contributed by atoms with E-state index in [-0.39, 0.29) is 5.75 Å². The van der Waals surface area contributed by atoms with E-state index in [0.29, 0.717) is 0 Å². The minimum Gasteiger partial charge on any atom is -0.508 e. The van der Waals surface area contributed by atoms with Gasteiger partial charge in [0, 0.05) is 4.90 Å². The molecule has 0 bridgehead atoms. The highest BCUT2D eigenvalue weighted by atomic mass is 32.2. The molecule has 1 heterocycles. The topological polar surface area (TPSA) is 48.9 Å². The first-order chi connectivity index (χ1) is 8.31. The van der Waals surface area contributed by atoms with E-state index in [9.17, 15) is 5.11 Å². The molecule has 0 unspecified atom stereocenters. The number of rotatable bonds is 2. The quantitative estimate of drug-likeness (QED) is 0.724.